The van der Waals surface area contributed by atoms with Crippen LogP contribution in [0.4, 0.5) is 0 Å². The van der Waals surface area contributed by atoms with Crippen molar-refractivity contribution in [3.05, 3.63) is 55.7 Å². The topological polar surface area (TPSA) is 0 Å². The number of thiophene rings is 1. The Balaban J connectivity index is 1.76. The van der Waals surface area contributed by atoms with Crippen molar-refractivity contribution in [2.24, 2.45) is 0 Å². The Morgan fingerprint density at radius 1 is 1.21 bits per heavy atom. The number of hydrogen-bond donors (Lipinski definition) is 0. The van der Waals surface area contributed by atoms with E-state index in [4.69, 9.17) is 11.6 Å². The second-order valence-corrected chi connectivity index (χ2v) is 7.72. The number of rotatable bonds is 3. The predicted molar refractivity (Wildman–Crippen MR) is 87.4 cm³/mol. The molecule has 0 saturated carbocycles. The minimum Gasteiger partial charge on any atom is -0.144 e. The van der Waals surface area contributed by atoms with Crippen molar-refractivity contribution in [2.75, 3.05) is 0 Å². The maximum absolute atomic E-state index is 6.61. The first kappa shape index (κ1) is 13.7. The molecule has 1 aliphatic carbocycles. The molecular weight excluding hydrogens is 340 g/mol. The lowest BCUT2D eigenvalue weighted by Gasteiger charge is -2.08. The highest BCUT2D eigenvalue weighted by Crippen LogP contribution is 2.36. The summed E-state index contributed by atoms with van der Waals surface area (Å²) in [5, 5.41) is 0.102. The van der Waals surface area contributed by atoms with E-state index in [1.807, 2.05) is 11.3 Å². The minimum absolute atomic E-state index is 0.102. The first-order valence-corrected chi connectivity index (χ1v) is 8.77. The summed E-state index contributed by atoms with van der Waals surface area (Å²) in [7, 11) is 0. The molecule has 2 aromatic rings. The van der Waals surface area contributed by atoms with Crippen molar-refractivity contribution in [3.63, 3.8) is 0 Å². The van der Waals surface area contributed by atoms with E-state index in [9.17, 15) is 0 Å². The quantitative estimate of drug-likeness (QED) is 0.600. The maximum atomic E-state index is 6.61. The summed E-state index contributed by atoms with van der Waals surface area (Å²) in [6, 6.07) is 10.8. The number of aryl methyl sites for hydroxylation is 2. The molecule has 1 aliphatic rings. The first-order valence-electron chi connectivity index (χ1n) is 6.72. The van der Waals surface area contributed by atoms with Crippen LogP contribution in [0.25, 0.3) is 0 Å². The van der Waals surface area contributed by atoms with Crippen molar-refractivity contribution in [2.45, 2.75) is 37.5 Å². The fourth-order valence-electron chi connectivity index (χ4n) is 2.64. The summed E-state index contributed by atoms with van der Waals surface area (Å²) >= 11 is 12.0. The Hall–Kier alpha value is -0.310. The van der Waals surface area contributed by atoms with E-state index >= 15 is 0 Å². The Bertz CT molecular complexity index is 552. The largest absolute Gasteiger partial charge is 0.144 e. The molecule has 0 spiro atoms. The lowest BCUT2D eigenvalue weighted by molar-refractivity contribution is 0.697. The van der Waals surface area contributed by atoms with E-state index in [1.165, 1.54) is 36.1 Å². The zero-order valence-electron chi connectivity index (χ0n) is 10.7. The molecule has 0 fully saturated rings. The van der Waals surface area contributed by atoms with Crippen molar-refractivity contribution >= 4 is 38.9 Å². The highest BCUT2D eigenvalue weighted by Gasteiger charge is 2.18. The molecule has 1 unspecified atom stereocenters. The van der Waals surface area contributed by atoms with Crippen LogP contribution in [0, 0.1) is 0 Å². The molecule has 0 saturated heterocycles. The van der Waals surface area contributed by atoms with Crippen LogP contribution in [0.1, 0.15) is 39.1 Å². The smallest absolute Gasteiger partial charge is 0.0719 e. The van der Waals surface area contributed by atoms with Gasteiger partial charge in [-0.15, -0.1) is 22.9 Å². The van der Waals surface area contributed by atoms with Crippen molar-refractivity contribution in [3.8, 4) is 0 Å². The molecule has 0 amide bonds. The van der Waals surface area contributed by atoms with Crippen LogP contribution in [0.5, 0.6) is 0 Å². The van der Waals surface area contributed by atoms with Crippen LogP contribution >= 0.6 is 38.9 Å². The molecule has 100 valence electrons. The number of hydrogen-bond acceptors (Lipinski definition) is 1. The van der Waals surface area contributed by atoms with Crippen LogP contribution in [0.3, 0.4) is 0 Å². The lowest BCUT2D eigenvalue weighted by atomic mass is 9.99. The van der Waals surface area contributed by atoms with Gasteiger partial charge in [0, 0.05) is 14.2 Å². The zero-order valence-corrected chi connectivity index (χ0v) is 13.8. The van der Waals surface area contributed by atoms with Gasteiger partial charge in [0.05, 0.1) is 5.38 Å². The summed E-state index contributed by atoms with van der Waals surface area (Å²) in [5.41, 5.74) is 2.84. The second kappa shape index (κ2) is 5.99. The monoisotopic (exact) mass is 354 g/mol. The Morgan fingerprint density at radius 2 is 2.05 bits per heavy atom. The van der Waals surface area contributed by atoms with Crippen molar-refractivity contribution in [1.29, 1.82) is 0 Å². The van der Waals surface area contributed by atoms with Crippen molar-refractivity contribution in [1.82, 2.24) is 0 Å². The molecule has 0 N–H and O–H groups in total. The van der Waals surface area contributed by atoms with E-state index in [0.29, 0.717) is 0 Å². The molecule has 0 nitrogen and oxygen atoms in total. The number of alkyl halides is 1. The van der Waals surface area contributed by atoms with Gasteiger partial charge < -0.3 is 0 Å². The van der Waals surface area contributed by atoms with E-state index in [-0.39, 0.29) is 5.38 Å². The fourth-order valence-corrected chi connectivity index (χ4v) is 4.70. The summed E-state index contributed by atoms with van der Waals surface area (Å²) in [6.45, 7) is 0. The van der Waals surface area contributed by atoms with Gasteiger partial charge in [-0.1, -0.05) is 28.1 Å². The highest BCUT2D eigenvalue weighted by molar-refractivity contribution is 9.10. The maximum Gasteiger partial charge on any atom is 0.0719 e. The number of halogens is 2. The van der Waals surface area contributed by atoms with Gasteiger partial charge in [-0.05, 0) is 61.4 Å². The predicted octanol–water partition coefficient (Wildman–Crippen LogP) is 5.91. The summed E-state index contributed by atoms with van der Waals surface area (Å²) in [5.74, 6) is 0. The summed E-state index contributed by atoms with van der Waals surface area (Å²) in [4.78, 5) is 2.91. The Kier molecular flexibility index (Phi) is 4.30. The Morgan fingerprint density at radius 3 is 2.84 bits per heavy atom. The SMILES string of the molecule is ClC(Cc1cccc(Br)c1)c1cc2c(s1)CCCC2. The molecule has 1 aromatic carbocycles. The average Bonchev–Trinajstić information content (AvgIpc) is 2.82. The molecular formula is C16H16BrClS. The molecule has 19 heavy (non-hydrogen) atoms. The van der Waals surface area contributed by atoms with Crippen LogP contribution in [-0.2, 0) is 19.3 Å². The van der Waals surface area contributed by atoms with Crippen LogP contribution in [-0.4, -0.2) is 0 Å². The molecule has 1 atom stereocenters. The van der Waals surface area contributed by atoms with E-state index in [0.717, 1.165) is 10.9 Å². The Labute approximate surface area is 131 Å². The van der Waals surface area contributed by atoms with E-state index < -0.39 is 0 Å². The molecule has 1 aromatic heterocycles. The number of benzene rings is 1. The van der Waals surface area contributed by atoms with E-state index in [1.54, 1.807) is 10.4 Å². The van der Waals surface area contributed by atoms with Gasteiger partial charge >= 0.3 is 0 Å². The van der Waals surface area contributed by atoms with Crippen LogP contribution in [0.15, 0.2) is 34.8 Å². The lowest BCUT2D eigenvalue weighted by Crippen LogP contribution is -1.96. The van der Waals surface area contributed by atoms with Crippen LogP contribution < -0.4 is 0 Å². The molecule has 0 aliphatic heterocycles. The highest BCUT2D eigenvalue weighted by atomic mass is 79.9. The third kappa shape index (κ3) is 3.24. The van der Waals surface area contributed by atoms with E-state index in [2.05, 4.69) is 46.3 Å². The molecule has 3 rings (SSSR count). The normalized spacial score (nSPS) is 16.1. The number of fused-ring (bicyclic) bond motifs is 1. The average molecular weight is 356 g/mol. The third-order valence-corrected chi connectivity index (χ3v) is 5.99. The summed E-state index contributed by atoms with van der Waals surface area (Å²) in [6.07, 6.45) is 6.07. The zero-order chi connectivity index (χ0) is 13.2. The minimum atomic E-state index is 0.102. The van der Waals surface area contributed by atoms with Gasteiger partial charge in [0.25, 0.3) is 0 Å². The standard InChI is InChI=1S/C16H16BrClS/c17-13-6-3-4-11(8-13)9-14(18)16-10-12-5-1-2-7-15(12)19-16/h3-4,6,8,10,14H,1-2,5,7,9H2. The molecule has 0 radical (unpaired) electrons. The van der Waals surface area contributed by atoms with Gasteiger partial charge in [0.2, 0.25) is 0 Å². The molecule has 1 heterocycles. The van der Waals surface area contributed by atoms with Gasteiger partial charge in [-0.25, -0.2) is 0 Å². The van der Waals surface area contributed by atoms with Gasteiger partial charge in [0.1, 0.15) is 0 Å². The fraction of sp³-hybridized carbons (Fsp3) is 0.375. The van der Waals surface area contributed by atoms with Gasteiger partial charge in [-0.2, -0.15) is 0 Å². The van der Waals surface area contributed by atoms with Gasteiger partial charge in [-0.3, -0.25) is 0 Å². The van der Waals surface area contributed by atoms with Crippen molar-refractivity contribution < 1.29 is 0 Å². The summed E-state index contributed by atoms with van der Waals surface area (Å²) < 4.78 is 1.12. The van der Waals surface area contributed by atoms with Crippen LogP contribution in [0.2, 0.25) is 0 Å². The second-order valence-electron chi connectivity index (χ2n) is 5.11. The molecule has 3 heteroatoms. The first-order chi connectivity index (χ1) is 9.22. The third-order valence-electron chi connectivity index (χ3n) is 3.63. The molecule has 0 bridgehead atoms. The van der Waals surface area contributed by atoms with Gasteiger partial charge in [0.15, 0.2) is 0 Å².